The van der Waals surface area contributed by atoms with Crippen molar-refractivity contribution in [2.75, 3.05) is 13.7 Å². The first-order valence-electron chi connectivity index (χ1n) is 5.16. The number of hydrogen-bond acceptors (Lipinski definition) is 3. The minimum Gasteiger partial charge on any atom is -0.464 e. The topological polar surface area (TPSA) is 51.5 Å². The summed E-state index contributed by atoms with van der Waals surface area (Å²) in [4.78, 5) is 11.7. The SMILES string of the molecule is COC(=O)c1c(Br)c2ccccc2n1CCO. The van der Waals surface area contributed by atoms with E-state index in [4.69, 9.17) is 9.84 Å². The van der Waals surface area contributed by atoms with Gasteiger partial charge in [-0.1, -0.05) is 18.2 Å². The molecule has 90 valence electrons. The van der Waals surface area contributed by atoms with E-state index in [1.54, 1.807) is 4.57 Å². The zero-order valence-corrected chi connectivity index (χ0v) is 10.9. The van der Waals surface area contributed by atoms with E-state index in [9.17, 15) is 4.79 Å². The van der Waals surface area contributed by atoms with Crippen LogP contribution in [0.15, 0.2) is 28.7 Å². The summed E-state index contributed by atoms with van der Waals surface area (Å²) in [6.07, 6.45) is 0. The Hall–Kier alpha value is -1.33. The molecule has 0 spiro atoms. The number of rotatable bonds is 3. The van der Waals surface area contributed by atoms with Crippen molar-refractivity contribution in [2.24, 2.45) is 0 Å². The van der Waals surface area contributed by atoms with Gasteiger partial charge in [0, 0.05) is 17.4 Å². The van der Waals surface area contributed by atoms with Crippen LogP contribution in [0.4, 0.5) is 0 Å². The molecule has 0 bridgehead atoms. The molecule has 0 aliphatic rings. The second-order valence-corrected chi connectivity index (χ2v) is 4.34. The van der Waals surface area contributed by atoms with E-state index in [0.717, 1.165) is 10.9 Å². The number of fused-ring (bicyclic) bond motifs is 1. The summed E-state index contributed by atoms with van der Waals surface area (Å²) in [5, 5.41) is 10.0. The first-order valence-corrected chi connectivity index (χ1v) is 5.96. The van der Waals surface area contributed by atoms with Crippen LogP contribution in [0, 0.1) is 0 Å². The molecule has 4 nitrogen and oxygen atoms in total. The van der Waals surface area contributed by atoms with Gasteiger partial charge in [0.15, 0.2) is 0 Å². The molecule has 0 amide bonds. The van der Waals surface area contributed by atoms with Gasteiger partial charge in [-0.2, -0.15) is 0 Å². The molecule has 2 aromatic rings. The number of aliphatic hydroxyl groups is 1. The minimum absolute atomic E-state index is 0.0326. The highest BCUT2D eigenvalue weighted by molar-refractivity contribution is 9.10. The lowest BCUT2D eigenvalue weighted by Crippen LogP contribution is -2.13. The van der Waals surface area contributed by atoms with Crippen molar-refractivity contribution >= 4 is 32.8 Å². The monoisotopic (exact) mass is 297 g/mol. The number of para-hydroxylation sites is 1. The molecular weight excluding hydrogens is 286 g/mol. The smallest absolute Gasteiger partial charge is 0.355 e. The lowest BCUT2D eigenvalue weighted by molar-refractivity contribution is 0.0587. The van der Waals surface area contributed by atoms with Gasteiger partial charge in [0.2, 0.25) is 0 Å². The number of ether oxygens (including phenoxy) is 1. The maximum absolute atomic E-state index is 11.7. The molecular formula is C12H12BrNO3. The second kappa shape index (κ2) is 4.89. The lowest BCUT2D eigenvalue weighted by atomic mass is 10.2. The van der Waals surface area contributed by atoms with E-state index < -0.39 is 5.97 Å². The zero-order chi connectivity index (χ0) is 12.4. The molecule has 17 heavy (non-hydrogen) atoms. The molecule has 1 heterocycles. The van der Waals surface area contributed by atoms with Crippen LogP contribution < -0.4 is 0 Å². The van der Waals surface area contributed by atoms with E-state index in [2.05, 4.69) is 15.9 Å². The predicted molar refractivity (Wildman–Crippen MR) is 68.1 cm³/mol. The summed E-state index contributed by atoms with van der Waals surface area (Å²) >= 11 is 3.41. The highest BCUT2D eigenvalue weighted by Gasteiger charge is 2.21. The molecule has 0 fully saturated rings. The predicted octanol–water partition coefficient (Wildman–Crippen LogP) is 2.18. The molecule has 0 aliphatic heterocycles. The van der Waals surface area contributed by atoms with Crippen molar-refractivity contribution in [1.29, 1.82) is 0 Å². The highest BCUT2D eigenvalue weighted by atomic mass is 79.9. The van der Waals surface area contributed by atoms with Crippen molar-refractivity contribution in [1.82, 2.24) is 4.57 Å². The molecule has 0 radical (unpaired) electrons. The maximum atomic E-state index is 11.7. The van der Waals surface area contributed by atoms with Gasteiger partial charge in [-0.05, 0) is 22.0 Å². The molecule has 0 saturated carbocycles. The Bertz CT molecular complexity index is 562. The largest absolute Gasteiger partial charge is 0.464 e. The highest BCUT2D eigenvalue weighted by Crippen LogP contribution is 2.31. The minimum atomic E-state index is -0.415. The van der Waals surface area contributed by atoms with Crippen LogP contribution in [-0.4, -0.2) is 29.4 Å². The van der Waals surface area contributed by atoms with E-state index >= 15 is 0 Å². The van der Waals surface area contributed by atoms with Crippen LogP contribution in [0.25, 0.3) is 10.9 Å². The van der Waals surface area contributed by atoms with Gasteiger partial charge in [-0.15, -0.1) is 0 Å². The number of hydrogen-bond donors (Lipinski definition) is 1. The first-order chi connectivity index (χ1) is 8.20. The number of aromatic nitrogens is 1. The number of halogens is 1. The number of aliphatic hydroxyl groups excluding tert-OH is 1. The van der Waals surface area contributed by atoms with Crippen LogP contribution in [-0.2, 0) is 11.3 Å². The Kier molecular flexibility index (Phi) is 3.49. The van der Waals surface area contributed by atoms with Gasteiger partial charge in [-0.25, -0.2) is 4.79 Å². The molecule has 0 saturated heterocycles. The van der Waals surface area contributed by atoms with Gasteiger partial charge in [-0.3, -0.25) is 0 Å². The van der Waals surface area contributed by atoms with E-state index in [-0.39, 0.29) is 6.61 Å². The lowest BCUT2D eigenvalue weighted by Gasteiger charge is -2.07. The van der Waals surface area contributed by atoms with Crippen LogP contribution in [0.2, 0.25) is 0 Å². The van der Waals surface area contributed by atoms with Crippen molar-refractivity contribution < 1.29 is 14.6 Å². The number of methoxy groups -OCH3 is 1. The summed E-state index contributed by atoms with van der Waals surface area (Å²) in [7, 11) is 1.34. The molecule has 1 N–H and O–H groups in total. The molecule has 0 aliphatic carbocycles. The van der Waals surface area contributed by atoms with Gasteiger partial charge < -0.3 is 14.4 Å². The third-order valence-electron chi connectivity index (χ3n) is 2.61. The standard InChI is InChI=1S/C12H12BrNO3/c1-17-12(16)11-10(13)8-4-2-3-5-9(8)14(11)6-7-15/h2-5,15H,6-7H2,1H3. The Labute approximate surface area is 107 Å². The Balaban J connectivity index is 2.75. The summed E-state index contributed by atoms with van der Waals surface area (Å²) in [5.74, 6) is -0.415. The molecule has 0 unspecified atom stereocenters. The van der Waals surface area contributed by atoms with Gasteiger partial charge in [0.05, 0.1) is 18.2 Å². The number of esters is 1. The van der Waals surface area contributed by atoms with Crippen LogP contribution in [0.5, 0.6) is 0 Å². The van der Waals surface area contributed by atoms with Gasteiger partial charge >= 0.3 is 5.97 Å². The molecule has 2 rings (SSSR count). The summed E-state index contributed by atoms with van der Waals surface area (Å²) in [6.45, 7) is 0.325. The molecule has 1 aromatic carbocycles. The van der Waals surface area contributed by atoms with Crippen LogP contribution in [0.3, 0.4) is 0 Å². The summed E-state index contributed by atoms with van der Waals surface area (Å²) in [6, 6.07) is 7.61. The summed E-state index contributed by atoms with van der Waals surface area (Å²) in [5.41, 5.74) is 1.33. The zero-order valence-electron chi connectivity index (χ0n) is 9.31. The number of benzene rings is 1. The third-order valence-corrected chi connectivity index (χ3v) is 3.41. The fourth-order valence-electron chi connectivity index (χ4n) is 1.89. The van der Waals surface area contributed by atoms with Crippen LogP contribution >= 0.6 is 15.9 Å². The van der Waals surface area contributed by atoms with E-state index in [1.165, 1.54) is 7.11 Å². The number of carbonyl (C=O) groups is 1. The summed E-state index contributed by atoms with van der Waals surface area (Å²) < 4.78 is 7.22. The van der Waals surface area contributed by atoms with Gasteiger partial charge in [0.1, 0.15) is 5.69 Å². The Morgan fingerprint density at radius 3 is 2.82 bits per heavy atom. The first kappa shape index (κ1) is 12.1. The molecule has 0 atom stereocenters. The Morgan fingerprint density at radius 1 is 1.47 bits per heavy atom. The number of carbonyl (C=O) groups excluding carboxylic acids is 1. The van der Waals surface area contributed by atoms with Crippen LogP contribution in [0.1, 0.15) is 10.5 Å². The number of nitrogens with zero attached hydrogens (tertiary/aromatic N) is 1. The van der Waals surface area contributed by atoms with E-state index in [1.807, 2.05) is 24.3 Å². The maximum Gasteiger partial charge on any atom is 0.355 e. The van der Waals surface area contributed by atoms with Crippen molar-refractivity contribution in [3.63, 3.8) is 0 Å². The van der Waals surface area contributed by atoms with Crippen molar-refractivity contribution in [2.45, 2.75) is 6.54 Å². The molecule has 5 heteroatoms. The van der Waals surface area contributed by atoms with E-state index in [0.29, 0.717) is 16.7 Å². The van der Waals surface area contributed by atoms with Gasteiger partial charge in [0.25, 0.3) is 0 Å². The Morgan fingerprint density at radius 2 is 2.18 bits per heavy atom. The molecule has 1 aromatic heterocycles. The fraction of sp³-hybridized carbons (Fsp3) is 0.250. The quantitative estimate of drug-likeness (QED) is 0.884. The average molecular weight is 298 g/mol. The second-order valence-electron chi connectivity index (χ2n) is 3.55. The fourth-order valence-corrected chi connectivity index (χ4v) is 2.60. The average Bonchev–Trinajstić information content (AvgIpc) is 2.63. The third kappa shape index (κ3) is 1.96. The van der Waals surface area contributed by atoms with Crippen molar-refractivity contribution in [3.05, 3.63) is 34.4 Å². The van der Waals surface area contributed by atoms with Crippen molar-refractivity contribution in [3.8, 4) is 0 Å². The normalized spacial score (nSPS) is 10.8.